The summed E-state index contributed by atoms with van der Waals surface area (Å²) in [7, 11) is -3.73. The van der Waals surface area contributed by atoms with Gasteiger partial charge in [0.15, 0.2) is 0 Å². The fourth-order valence-corrected chi connectivity index (χ4v) is 2.67. The van der Waals surface area contributed by atoms with E-state index in [4.69, 9.17) is 4.18 Å². The van der Waals surface area contributed by atoms with Gasteiger partial charge in [-0.3, -0.25) is 4.18 Å². The molecule has 2 aromatic rings. The van der Waals surface area contributed by atoms with Gasteiger partial charge >= 0.3 is 0 Å². The third-order valence-corrected chi connectivity index (χ3v) is 4.23. The average Bonchev–Trinajstić information content (AvgIpc) is 2.46. The first-order valence-corrected chi connectivity index (χ1v) is 7.60. The Morgan fingerprint density at radius 2 is 1.75 bits per heavy atom. The molecule has 0 atom stereocenters. The molecule has 0 spiro atoms. The van der Waals surface area contributed by atoms with Gasteiger partial charge in [0.2, 0.25) is 0 Å². The molecular weight excluding hydrogens is 272 g/mol. The normalized spacial score (nSPS) is 11.2. The Bertz CT molecular complexity index is 701. The first kappa shape index (κ1) is 14.5. The lowest BCUT2D eigenvalue weighted by atomic mass is 10.1. The van der Waals surface area contributed by atoms with Crippen molar-refractivity contribution in [3.05, 3.63) is 71.8 Å². The average molecular weight is 288 g/mol. The van der Waals surface area contributed by atoms with Gasteiger partial charge in [0.1, 0.15) is 0 Å². The molecule has 0 bridgehead atoms. The van der Waals surface area contributed by atoms with E-state index < -0.39 is 10.1 Å². The summed E-state index contributed by atoms with van der Waals surface area (Å²) in [6, 6.07) is 14.0. The van der Waals surface area contributed by atoms with Gasteiger partial charge in [-0.15, -0.1) is 0 Å². The van der Waals surface area contributed by atoms with Crippen LogP contribution in [-0.4, -0.2) is 8.42 Å². The maximum atomic E-state index is 12.1. The molecule has 0 heterocycles. The van der Waals surface area contributed by atoms with E-state index >= 15 is 0 Å². The van der Waals surface area contributed by atoms with E-state index in [2.05, 4.69) is 6.58 Å². The van der Waals surface area contributed by atoms with E-state index in [1.807, 2.05) is 31.2 Å². The van der Waals surface area contributed by atoms with Crippen molar-refractivity contribution in [2.75, 3.05) is 0 Å². The standard InChI is InChI=1S/C16H16O3S/c1-3-14-6-4-5-7-15(14)12-19-20(17,18)16-10-8-13(2)9-11-16/h3-11H,1,12H2,2H3. The Morgan fingerprint density at radius 3 is 2.40 bits per heavy atom. The lowest BCUT2D eigenvalue weighted by molar-refractivity contribution is 0.308. The quantitative estimate of drug-likeness (QED) is 0.790. The molecule has 3 nitrogen and oxygen atoms in total. The highest BCUT2D eigenvalue weighted by atomic mass is 32.2. The van der Waals surface area contributed by atoms with Gasteiger partial charge in [-0.25, -0.2) is 0 Å². The summed E-state index contributed by atoms with van der Waals surface area (Å²) in [4.78, 5) is 0.166. The van der Waals surface area contributed by atoms with Gasteiger partial charge in [0.05, 0.1) is 11.5 Å². The first-order valence-electron chi connectivity index (χ1n) is 6.19. The van der Waals surface area contributed by atoms with Crippen LogP contribution in [0.4, 0.5) is 0 Å². The van der Waals surface area contributed by atoms with Crippen molar-refractivity contribution in [3.63, 3.8) is 0 Å². The van der Waals surface area contributed by atoms with E-state index in [1.54, 1.807) is 30.3 Å². The highest BCUT2D eigenvalue weighted by Gasteiger charge is 2.15. The fourth-order valence-electron chi connectivity index (χ4n) is 1.78. The number of hydrogen-bond donors (Lipinski definition) is 0. The van der Waals surface area contributed by atoms with Crippen LogP contribution in [0, 0.1) is 6.92 Å². The predicted octanol–water partition coefficient (Wildman–Crippen LogP) is 3.54. The van der Waals surface area contributed by atoms with Gasteiger partial charge < -0.3 is 0 Å². The predicted molar refractivity (Wildman–Crippen MR) is 79.7 cm³/mol. The molecule has 0 aliphatic heterocycles. The zero-order valence-corrected chi connectivity index (χ0v) is 12.1. The lowest BCUT2D eigenvalue weighted by Crippen LogP contribution is -2.07. The van der Waals surface area contributed by atoms with E-state index in [1.165, 1.54) is 0 Å². The van der Waals surface area contributed by atoms with Crippen molar-refractivity contribution in [1.29, 1.82) is 0 Å². The fraction of sp³-hybridized carbons (Fsp3) is 0.125. The first-order chi connectivity index (χ1) is 9.53. The van der Waals surface area contributed by atoms with Crippen LogP contribution in [0.5, 0.6) is 0 Å². The van der Waals surface area contributed by atoms with Crippen LogP contribution in [0.2, 0.25) is 0 Å². The molecule has 0 radical (unpaired) electrons. The largest absolute Gasteiger partial charge is 0.297 e. The Labute approximate surface area is 119 Å². The van der Waals surface area contributed by atoms with Gasteiger partial charge in [-0.2, -0.15) is 8.42 Å². The zero-order valence-electron chi connectivity index (χ0n) is 11.2. The van der Waals surface area contributed by atoms with Gasteiger partial charge in [0, 0.05) is 0 Å². The highest BCUT2D eigenvalue weighted by molar-refractivity contribution is 7.86. The van der Waals surface area contributed by atoms with Crippen LogP contribution in [0.3, 0.4) is 0 Å². The Kier molecular flexibility index (Phi) is 4.37. The van der Waals surface area contributed by atoms with Crippen molar-refractivity contribution < 1.29 is 12.6 Å². The van der Waals surface area contributed by atoms with Crippen molar-refractivity contribution in [2.24, 2.45) is 0 Å². The van der Waals surface area contributed by atoms with E-state index in [-0.39, 0.29) is 11.5 Å². The molecule has 104 valence electrons. The molecule has 0 unspecified atom stereocenters. The number of rotatable bonds is 5. The van der Waals surface area contributed by atoms with Crippen molar-refractivity contribution in [2.45, 2.75) is 18.4 Å². The molecule has 0 aliphatic rings. The molecule has 4 heteroatoms. The summed E-state index contributed by atoms with van der Waals surface area (Å²) >= 11 is 0. The topological polar surface area (TPSA) is 43.4 Å². The molecule has 0 saturated carbocycles. The Hall–Kier alpha value is -1.91. The van der Waals surface area contributed by atoms with Crippen LogP contribution >= 0.6 is 0 Å². The van der Waals surface area contributed by atoms with E-state index in [0.717, 1.165) is 16.7 Å². The molecule has 0 saturated heterocycles. The molecule has 2 aromatic carbocycles. The minimum atomic E-state index is -3.73. The van der Waals surface area contributed by atoms with E-state index in [0.29, 0.717) is 0 Å². The Balaban J connectivity index is 2.17. The summed E-state index contributed by atoms with van der Waals surface area (Å²) in [5.74, 6) is 0. The second kappa shape index (κ2) is 6.03. The van der Waals surface area contributed by atoms with Crippen molar-refractivity contribution in [3.8, 4) is 0 Å². The molecule has 20 heavy (non-hydrogen) atoms. The van der Waals surface area contributed by atoms with Crippen LogP contribution in [-0.2, 0) is 20.9 Å². The summed E-state index contributed by atoms with van der Waals surface area (Å²) in [6.07, 6.45) is 1.68. The number of aryl methyl sites for hydroxylation is 1. The lowest BCUT2D eigenvalue weighted by Gasteiger charge is -2.08. The van der Waals surface area contributed by atoms with Gasteiger partial charge in [-0.05, 0) is 30.2 Å². The van der Waals surface area contributed by atoms with E-state index in [9.17, 15) is 8.42 Å². The SMILES string of the molecule is C=Cc1ccccc1COS(=O)(=O)c1ccc(C)cc1. The molecular formula is C16H16O3S. The number of benzene rings is 2. The maximum Gasteiger partial charge on any atom is 0.297 e. The van der Waals surface area contributed by atoms with Gasteiger partial charge in [-0.1, -0.05) is 54.6 Å². The molecule has 2 rings (SSSR count). The van der Waals surface area contributed by atoms with Crippen LogP contribution in [0.25, 0.3) is 6.08 Å². The summed E-state index contributed by atoms with van der Waals surface area (Å²) in [5, 5.41) is 0. The number of hydrogen-bond acceptors (Lipinski definition) is 3. The summed E-state index contributed by atoms with van der Waals surface area (Å²) in [5.41, 5.74) is 2.66. The molecule has 0 amide bonds. The summed E-state index contributed by atoms with van der Waals surface area (Å²) < 4.78 is 29.2. The van der Waals surface area contributed by atoms with Crippen molar-refractivity contribution in [1.82, 2.24) is 0 Å². The van der Waals surface area contributed by atoms with Crippen LogP contribution < -0.4 is 0 Å². The van der Waals surface area contributed by atoms with Crippen molar-refractivity contribution >= 4 is 16.2 Å². The molecule has 0 aliphatic carbocycles. The molecule has 0 fully saturated rings. The maximum absolute atomic E-state index is 12.1. The highest BCUT2D eigenvalue weighted by Crippen LogP contribution is 2.17. The zero-order chi connectivity index (χ0) is 14.6. The third kappa shape index (κ3) is 3.35. The molecule has 0 aromatic heterocycles. The van der Waals surface area contributed by atoms with Crippen LogP contribution in [0.15, 0.2) is 60.0 Å². The third-order valence-electron chi connectivity index (χ3n) is 2.95. The minimum Gasteiger partial charge on any atom is -0.262 e. The second-order valence-electron chi connectivity index (χ2n) is 4.43. The Morgan fingerprint density at radius 1 is 1.10 bits per heavy atom. The smallest absolute Gasteiger partial charge is 0.262 e. The van der Waals surface area contributed by atoms with Crippen LogP contribution in [0.1, 0.15) is 16.7 Å². The van der Waals surface area contributed by atoms with Gasteiger partial charge in [0.25, 0.3) is 10.1 Å². The molecule has 0 N–H and O–H groups in total. The monoisotopic (exact) mass is 288 g/mol. The second-order valence-corrected chi connectivity index (χ2v) is 6.05. The summed E-state index contributed by atoms with van der Waals surface area (Å²) in [6.45, 7) is 5.60. The minimum absolute atomic E-state index is 0.00158.